The lowest BCUT2D eigenvalue weighted by Crippen LogP contribution is -2.45. The fourth-order valence-corrected chi connectivity index (χ4v) is 3.14. The summed E-state index contributed by atoms with van der Waals surface area (Å²) in [7, 11) is 0. The number of nitrogens with zero attached hydrogens (tertiary/aromatic N) is 4. The Hall–Kier alpha value is -2.22. The number of fused-ring (bicyclic) bond motifs is 1. The van der Waals surface area contributed by atoms with E-state index in [9.17, 15) is 0 Å². The van der Waals surface area contributed by atoms with Gasteiger partial charge in [-0.3, -0.25) is 0 Å². The Morgan fingerprint density at radius 1 is 1.36 bits per heavy atom. The van der Waals surface area contributed by atoms with Crippen LogP contribution in [-0.2, 0) is 11.3 Å². The zero-order valence-corrected chi connectivity index (χ0v) is 14.4. The first-order chi connectivity index (χ1) is 12.3. The highest BCUT2D eigenvalue weighted by Crippen LogP contribution is 2.20. The molecule has 25 heavy (non-hydrogen) atoms. The number of halogens is 1. The molecule has 1 atom stereocenters. The maximum Gasteiger partial charge on any atom is 0.163 e. The number of hydrogen-bond donors (Lipinski definition) is 2. The molecule has 3 heterocycles. The van der Waals surface area contributed by atoms with Crippen LogP contribution in [0.4, 0.5) is 5.82 Å². The minimum atomic E-state index is 0.278. The molecule has 0 aliphatic carbocycles. The molecule has 1 saturated heterocycles. The number of benzene rings is 1. The highest BCUT2D eigenvalue weighted by molar-refractivity contribution is 6.30. The summed E-state index contributed by atoms with van der Waals surface area (Å²) in [5, 5.41) is 12.9. The molecule has 1 aliphatic rings. The van der Waals surface area contributed by atoms with Gasteiger partial charge in [-0.15, -0.1) is 0 Å². The Labute approximate surface area is 150 Å². The van der Waals surface area contributed by atoms with E-state index in [2.05, 4.69) is 25.7 Å². The van der Waals surface area contributed by atoms with Crippen molar-refractivity contribution < 1.29 is 4.74 Å². The fraction of sp³-hybridized carbons (Fsp3) is 0.353. The van der Waals surface area contributed by atoms with Crippen molar-refractivity contribution in [2.24, 2.45) is 0 Å². The molecule has 1 unspecified atom stereocenters. The van der Waals surface area contributed by atoms with Gasteiger partial charge in [-0.1, -0.05) is 23.7 Å². The van der Waals surface area contributed by atoms with Gasteiger partial charge in [0.15, 0.2) is 5.65 Å². The van der Waals surface area contributed by atoms with Crippen molar-refractivity contribution in [3.8, 4) is 0 Å². The molecule has 1 fully saturated rings. The standard InChI is InChI=1S/C17H19ClN6O/c18-13-3-1-2-12(6-13)9-24-17-15(8-23-24)16(21-11-22-17)20-7-14-10-25-5-4-19-14/h1-3,6,8,11,14,19H,4-5,7,9-10H2,(H,20,21,22). The van der Waals surface area contributed by atoms with Gasteiger partial charge in [-0.25, -0.2) is 14.6 Å². The van der Waals surface area contributed by atoms with Gasteiger partial charge in [0, 0.05) is 24.2 Å². The minimum Gasteiger partial charge on any atom is -0.378 e. The smallest absolute Gasteiger partial charge is 0.163 e. The maximum absolute atomic E-state index is 6.06. The lowest BCUT2D eigenvalue weighted by molar-refractivity contribution is 0.0806. The molecule has 0 amide bonds. The van der Waals surface area contributed by atoms with Gasteiger partial charge >= 0.3 is 0 Å². The molecule has 0 bridgehead atoms. The molecule has 0 saturated carbocycles. The number of aromatic nitrogens is 4. The van der Waals surface area contributed by atoms with Crippen LogP contribution in [-0.4, -0.2) is 52.1 Å². The third-order valence-electron chi connectivity index (χ3n) is 4.17. The van der Waals surface area contributed by atoms with E-state index in [4.69, 9.17) is 16.3 Å². The largest absolute Gasteiger partial charge is 0.378 e. The van der Waals surface area contributed by atoms with E-state index >= 15 is 0 Å². The number of ether oxygens (including phenoxy) is 1. The van der Waals surface area contributed by atoms with Crippen molar-refractivity contribution in [1.29, 1.82) is 0 Å². The van der Waals surface area contributed by atoms with Crippen molar-refractivity contribution in [2.75, 3.05) is 31.6 Å². The van der Waals surface area contributed by atoms with Crippen molar-refractivity contribution in [3.05, 3.63) is 47.4 Å². The summed E-state index contributed by atoms with van der Waals surface area (Å²) in [6.07, 6.45) is 3.36. The van der Waals surface area contributed by atoms with Crippen molar-refractivity contribution in [3.63, 3.8) is 0 Å². The van der Waals surface area contributed by atoms with Crippen LogP contribution in [0.2, 0.25) is 5.02 Å². The molecule has 1 aromatic carbocycles. The fourth-order valence-electron chi connectivity index (χ4n) is 2.93. The normalized spacial score (nSPS) is 17.7. The van der Waals surface area contributed by atoms with Crippen LogP contribution in [0, 0.1) is 0 Å². The highest BCUT2D eigenvalue weighted by atomic mass is 35.5. The quantitative estimate of drug-likeness (QED) is 0.725. The van der Waals surface area contributed by atoms with Gasteiger partial charge in [0.1, 0.15) is 12.1 Å². The Balaban J connectivity index is 1.53. The molecule has 0 spiro atoms. The van der Waals surface area contributed by atoms with E-state index in [0.29, 0.717) is 18.2 Å². The number of morpholine rings is 1. The maximum atomic E-state index is 6.06. The summed E-state index contributed by atoms with van der Waals surface area (Å²) in [5.74, 6) is 0.787. The SMILES string of the molecule is Clc1cccc(Cn2ncc3c(NCC4COCCN4)ncnc32)c1. The summed E-state index contributed by atoms with van der Waals surface area (Å²) in [6.45, 7) is 3.70. The highest BCUT2D eigenvalue weighted by Gasteiger charge is 2.15. The lowest BCUT2D eigenvalue weighted by Gasteiger charge is -2.24. The molecule has 1 aliphatic heterocycles. The monoisotopic (exact) mass is 358 g/mol. The van der Waals surface area contributed by atoms with E-state index in [1.54, 1.807) is 12.5 Å². The summed E-state index contributed by atoms with van der Waals surface area (Å²) in [4.78, 5) is 8.75. The molecule has 7 nitrogen and oxygen atoms in total. The first-order valence-electron chi connectivity index (χ1n) is 8.25. The first kappa shape index (κ1) is 16.3. The van der Waals surface area contributed by atoms with Crippen LogP contribution in [0.5, 0.6) is 0 Å². The minimum absolute atomic E-state index is 0.278. The van der Waals surface area contributed by atoms with Gasteiger partial charge in [-0.05, 0) is 17.7 Å². The van der Waals surface area contributed by atoms with Crippen LogP contribution >= 0.6 is 11.6 Å². The molecule has 130 valence electrons. The van der Waals surface area contributed by atoms with Gasteiger partial charge in [0.2, 0.25) is 0 Å². The zero-order valence-electron chi connectivity index (χ0n) is 13.7. The second-order valence-electron chi connectivity index (χ2n) is 6.00. The van der Waals surface area contributed by atoms with E-state index in [1.165, 1.54) is 0 Å². The van der Waals surface area contributed by atoms with E-state index in [-0.39, 0.29) is 6.04 Å². The number of anilines is 1. The van der Waals surface area contributed by atoms with E-state index < -0.39 is 0 Å². The van der Waals surface area contributed by atoms with Crippen LogP contribution in [0.25, 0.3) is 11.0 Å². The molecule has 2 aromatic heterocycles. The Kier molecular flexibility index (Phi) is 4.78. The number of hydrogen-bond acceptors (Lipinski definition) is 6. The van der Waals surface area contributed by atoms with Gasteiger partial charge in [0.05, 0.1) is 31.3 Å². The second kappa shape index (κ2) is 7.35. The topological polar surface area (TPSA) is 76.9 Å². The van der Waals surface area contributed by atoms with Crippen molar-refractivity contribution in [1.82, 2.24) is 25.1 Å². The van der Waals surface area contributed by atoms with Crippen LogP contribution < -0.4 is 10.6 Å². The first-order valence-corrected chi connectivity index (χ1v) is 8.63. The Morgan fingerprint density at radius 3 is 3.16 bits per heavy atom. The molecule has 0 radical (unpaired) electrons. The summed E-state index contributed by atoms with van der Waals surface area (Å²) in [5.41, 5.74) is 1.87. The molecular weight excluding hydrogens is 340 g/mol. The van der Waals surface area contributed by atoms with Crippen LogP contribution in [0.3, 0.4) is 0 Å². The molecule has 3 aromatic rings. The third-order valence-corrected chi connectivity index (χ3v) is 4.40. The Morgan fingerprint density at radius 2 is 2.32 bits per heavy atom. The Bertz CT molecular complexity index is 861. The summed E-state index contributed by atoms with van der Waals surface area (Å²) >= 11 is 6.06. The summed E-state index contributed by atoms with van der Waals surface area (Å²) in [6, 6.07) is 8.03. The predicted octanol–water partition coefficient (Wildman–Crippen LogP) is 1.93. The zero-order chi connectivity index (χ0) is 17.1. The number of nitrogens with one attached hydrogen (secondary N) is 2. The second-order valence-corrected chi connectivity index (χ2v) is 6.43. The van der Waals surface area contributed by atoms with Crippen LogP contribution in [0.15, 0.2) is 36.8 Å². The summed E-state index contributed by atoms with van der Waals surface area (Å²) < 4.78 is 7.33. The van der Waals surface area contributed by atoms with Gasteiger partial charge in [-0.2, -0.15) is 5.10 Å². The van der Waals surface area contributed by atoms with E-state index in [1.807, 2.05) is 28.9 Å². The van der Waals surface area contributed by atoms with E-state index in [0.717, 1.165) is 42.1 Å². The molecule has 4 rings (SSSR count). The van der Waals surface area contributed by atoms with Gasteiger partial charge < -0.3 is 15.4 Å². The van der Waals surface area contributed by atoms with Crippen LogP contribution in [0.1, 0.15) is 5.56 Å². The van der Waals surface area contributed by atoms with Crippen molar-refractivity contribution in [2.45, 2.75) is 12.6 Å². The lowest BCUT2D eigenvalue weighted by atomic mass is 10.2. The predicted molar refractivity (Wildman–Crippen MR) is 97.0 cm³/mol. The molecule has 2 N–H and O–H groups in total. The van der Waals surface area contributed by atoms with Crippen molar-refractivity contribution >= 4 is 28.5 Å². The average Bonchev–Trinajstić information content (AvgIpc) is 3.04. The molecule has 8 heteroatoms. The number of rotatable bonds is 5. The third kappa shape index (κ3) is 3.73. The van der Waals surface area contributed by atoms with Gasteiger partial charge in [0.25, 0.3) is 0 Å². The average molecular weight is 359 g/mol. The molecular formula is C17H19ClN6O.